The van der Waals surface area contributed by atoms with Crippen LogP contribution in [0, 0.1) is 5.82 Å². The lowest BCUT2D eigenvalue weighted by Crippen LogP contribution is -2.29. The Morgan fingerprint density at radius 2 is 1.92 bits per heavy atom. The number of carbonyl (C=O) groups excluding carboxylic acids is 1. The molecule has 5 heteroatoms. The van der Waals surface area contributed by atoms with Crippen LogP contribution in [0.5, 0.6) is 0 Å². The van der Waals surface area contributed by atoms with E-state index < -0.39 is 17.3 Å². The van der Waals surface area contributed by atoms with Gasteiger partial charge in [-0.25, -0.2) is 4.39 Å². The number of para-hydroxylation sites is 1. The third-order valence-corrected chi connectivity index (χ3v) is 4.12. The van der Waals surface area contributed by atoms with E-state index in [4.69, 9.17) is 0 Å². The van der Waals surface area contributed by atoms with Gasteiger partial charge in [0.25, 0.3) is 0 Å². The molecule has 1 fully saturated rings. The Morgan fingerprint density at radius 1 is 1.21 bits per heavy atom. The van der Waals surface area contributed by atoms with Gasteiger partial charge in [-0.15, -0.1) is 0 Å². The van der Waals surface area contributed by atoms with E-state index in [1.807, 2.05) is 6.07 Å². The first-order valence-corrected chi connectivity index (χ1v) is 8.08. The van der Waals surface area contributed by atoms with E-state index in [0.717, 1.165) is 12.8 Å². The summed E-state index contributed by atoms with van der Waals surface area (Å²) in [6.45, 7) is 1.58. The van der Waals surface area contributed by atoms with Crippen LogP contribution in [0.1, 0.15) is 31.7 Å². The standard InChI is InChI=1S/C19H21FN2O2/c1-19(24,13-6-3-2-4-7-13)12-17(23)22-18-15(20)8-5-9-16(18)21-14-10-11-14/h2-9,14,21,24H,10-12H2,1H3,(H,22,23). The van der Waals surface area contributed by atoms with Crippen molar-refractivity contribution >= 4 is 17.3 Å². The Kier molecular flexibility index (Phi) is 4.53. The molecule has 0 saturated heterocycles. The van der Waals surface area contributed by atoms with Crippen LogP contribution < -0.4 is 10.6 Å². The van der Waals surface area contributed by atoms with Crippen LogP contribution in [0.3, 0.4) is 0 Å². The molecule has 1 aliphatic carbocycles. The Morgan fingerprint density at radius 3 is 2.58 bits per heavy atom. The normalized spacial score (nSPS) is 16.3. The Bertz CT molecular complexity index is 727. The minimum atomic E-state index is -1.32. The molecule has 24 heavy (non-hydrogen) atoms. The molecule has 1 saturated carbocycles. The molecule has 3 N–H and O–H groups in total. The molecule has 1 unspecified atom stereocenters. The number of hydrogen-bond acceptors (Lipinski definition) is 3. The van der Waals surface area contributed by atoms with Gasteiger partial charge in [0.15, 0.2) is 0 Å². The number of amides is 1. The van der Waals surface area contributed by atoms with Crippen LogP contribution >= 0.6 is 0 Å². The van der Waals surface area contributed by atoms with Crippen molar-refractivity contribution in [3.63, 3.8) is 0 Å². The maximum Gasteiger partial charge on any atom is 0.227 e. The van der Waals surface area contributed by atoms with Crippen molar-refractivity contribution < 1.29 is 14.3 Å². The fraction of sp³-hybridized carbons (Fsp3) is 0.316. The van der Waals surface area contributed by atoms with Crippen molar-refractivity contribution in [2.75, 3.05) is 10.6 Å². The molecule has 2 aromatic carbocycles. The number of benzene rings is 2. The van der Waals surface area contributed by atoms with Crippen LogP contribution in [0.2, 0.25) is 0 Å². The number of anilines is 2. The van der Waals surface area contributed by atoms with Crippen LogP contribution in [-0.2, 0) is 10.4 Å². The first-order chi connectivity index (χ1) is 11.5. The number of halogens is 1. The van der Waals surface area contributed by atoms with E-state index >= 15 is 0 Å². The Labute approximate surface area is 140 Å². The van der Waals surface area contributed by atoms with Crippen LogP contribution in [0.15, 0.2) is 48.5 Å². The highest BCUT2D eigenvalue weighted by atomic mass is 19.1. The average Bonchev–Trinajstić information content (AvgIpc) is 3.35. The van der Waals surface area contributed by atoms with Crippen molar-refractivity contribution in [1.29, 1.82) is 0 Å². The minimum absolute atomic E-state index is 0.137. The molecule has 0 spiro atoms. The summed E-state index contributed by atoms with van der Waals surface area (Å²) in [5.74, 6) is -0.929. The van der Waals surface area contributed by atoms with Crippen LogP contribution in [0.4, 0.5) is 15.8 Å². The largest absolute Gasteiger partial charge is 0.385 e. The molecular weight excluding hydrogens is 307 g/mol. The van der Waals surface area contributed by atoms with Gasteiger partial charge in [-0.3, -0.25) is 4.79 Å². The third kappa shape index (κ3) is 3.92. The highest BCUT2D eigenvalue weighted by Crippen LogP contribution is 2.32. The van der Waals surface area contributed by atoms with E-state index in [9.17, 15) is 14.3 Å². The second-order valence-corrected chi connectivity index (χ2v) is 6.45. The highest BCUT2D eigenvalue weighted by molar-refractivity contribution is 5.95. The summed E-state index contributed by atoms with van der Waals surface area (Å²) in [7, 11) is 0. The van der Waals surface area contributed by atoms with Gasteiger partial charge in [0.05, 0.1) is 17.7 Å². The molecule has 2 aromatic rings. The number of nitrogens with one attached hydrogen (secondary N) is 2. The lowest BCUT2D eigenvalue weighted by molar-refractivity contribution is -0.120. The monoisotopic (exact) mass is 328 g/mol. The summed E-state index contributed by atoms with van der Waals surface area (Å²) in [6.07, 6.45) is 1.94. The van der Waals surface area contributed by atoms with Gasteiger partial charge in [0.2, 0.25) is 5.91 Å². The molecule has 4 nitrogen and oxygen atoms in total. The molecule has 0 bridgehead atoms. The molecule has 0 aliphatic heterocycles. The Hall–Kier alpha value is -2.40. The first kappa shape index (κ1) is 16.5. The summed E-state index contributed by atoms with van der Waals surface area (Å²) in [4.78, 5) is 12.3. The zero-order chi connectivity index (χ0) is 17.2. The van der Waals surface area contributed by atoms with E-state index in [-0.39, 0.29) is 12.1 Å². The van der Waals surface area contributed by atoms with Gasteiger partial charge >= 0.3 is 0 Å². The molecule has 0 radical (unpaired) electrons. The van der Waals surface area contributed by atoms with Gasteiger partial charge in [-0.1, -0.05) is 36.4 Å². The fourth-order valence-electron chi connectivity index (χ4n) is 2.61. The zero-order valence-electron chi connectivity index (χ0n) is 13.6. The lowest BCUT2D eigenvalue weighted by atomic mass is 9.92. The maximum atomic E-state index is 14.1. The van der Waals surface area contributed by atoms with Crippen LogP contribution in [0.25, 0.3) is 0 Å². The second-order valence-electron chi connectivity index (χ2n) is 6.45. The summed E-state index contributed by atoms with van der Waals surface area (Å²) < 4.78 is 14.1. The fourth-order valence-corrected chi connectivity index (χ4v) is 2.61. The van der Waals surface area contributed by atoms with Crippen molar-refractivity contribution in [1.82, 2.24) is 0 Å². The predicted octanol–water partition coefficient (Wildman–Crippen LogP) is 3.64. The lowest BCUT2D eigenvalue weighted by Gasteiger charge is -2.23. The van der Waals surface area contributed by atoms with Gasteiger partial charge < -0.3 is 15.7 Å². The molecule has 3 rings (SSSR count). The van der Waals surface area contributed by atoms with E-state index in [0.29, 0.717) is 17.3 Å². The molecular formula is C19H21FN2O2. The van der Waals surface area contributed by atoms with Gasteiger partial charge in [-0.05, 0) is 37.5 Å². The Balaban J connectivity index is 1.73. The van der Waals surface area contributed by atoms with Crippen molar-refractivity contribution in [2.24, 2.45) is 0 Å². The second kappa shape index (κ2) is 6.61. The molecule has 1 atom stereocenters. The van der Waals surface area contributed by atoms with Gasteiger partial charge in [-0.2, -0.15) is 0 Å². The quantitative estimate of drug-likeness (QED) is 0.759. The molecule has 1 amide bonds. The van der Waals surface area contributed by atoms with Crippen molar-refractivity contribution in [2.45, 2.75) is 37.8 Å². The number of hydrogen-bond donors (Lipinski definition) is 3. The van der Waals surface area contributed by atoms with Crippen molar-refractivity contribution in [3.8, 4) is 0 Å². The minimum Gasteiger partial charge on any atom is -0.385 e. The maximum absolute atomic E-state index is 14.1. The third-order valence-electron chi connectivity index (χ3n) is 4.12. The summed E-state index contributed by atoms with van der Waals surface area (Å²) in [5.41, 5.74) is 0.0363. The summed E-state index contributed by atoms with van der Waals surface area (Å²) >= 11 is 0. The number of carbonyl (C=O) groups is 1. The van der Waals surface area contributed by atoms with Crippen LogP contribution in [-0.4, -0.2) is 17.1 Å². The first-order valence-electron chi connectivity index (χ1n) is 8.08. The predicted molar refractivity (Wildman–Crippen MR) is 92.3 cm³/mol. The SMILES string of the molecule is CC(O)(CC(=O)Nc1c(F)cccc1NC1CC1)c1ccccc1. The molecule has 126 valence electrons. The summed E-state index contributed by atoms with van der Waals surface area (Å²) in [6, 6.07) is 14.0. The average molecular weight is 328 g/mol. The van der Waals surface area contributed by atoms with Gasteiger partial charge in [0, 0.05) is 6.04 Å². The molecule has 0 aromatic heterocycles. The zero-order valence-corrected chi connectivity index (χ0v) is 13.6. The summed E-state index contributed by atoms with van der Waals surface area (Å²) in [5, 5.41) is 16.4. The molecule has 1 aliphatic rings. The number of rotatable bonds is 6. The van der Waals surface area contributed by atoms with Crippen molar-refractivity contribution in [3.05, 3.63) is 59.9 Å². The van der Waals surface area contributed by atoms with E-state index in [1.165, 1.54) is 6.07 Å². The van der Waals surface area contributed by atoms with E-state index in [1.54, 1.807) is 43.3 Å². The van der Waals surface area contributed by atoms with Gasteiger partial charge in [0.1, 0.15) is 11.5 Å². The highest BCUT2D eigenvalue weighted by Gasteiger charge is 2.28. The smallest absolute Gasteiger partial charge is 0.227 e. The van der Waals surface area contributed by atoms with E-state index in [2.05, 4.69) is 10.6 Å². The number of aliphatic hydroxyl groups is 1. The topological polar surface area (TPSA) is 61.4 Å². The molecule has 0 heterocycles.